The Labute approximate surface area is 189 Å². The number of hydrogen-bond acceptors (Lipinski definition) is 5. The van der Waals surface area contributed by atoms with Gasteiger partial charge in [0.15, 0.2) is 5.82 Å². The van der Waals surface area contributed by atoms with Crippen LogP contribution in [-0.4, -0.2) is 20.1 Å². The molecule has 5 nitrogen and oxygen atoms in total. The number of nitrogens with zero attached hydrogens (tertiary/aromatic N) is 3. The van der Waals surface area contributed by atoms with Gasteiger partial charge in [-0.25, -0.2) is 9.97 Å². The van der Waals surface area contributed by atoms with E-state index in [9.17, 15) is 31.4 Å². The lowest BCUT2D eigenvalue weighted by atomic mass is 10.0. The monoisotopic (exact) mass is 478 g/mol. The van der Waals surface area contributed by atoms with Crippen molar-refractivity contribution in [2.45, 2.75) is 25.4 Å². The van der Waals surface area contributed by atoms with Gasteiger partial charge >= 0.3 is 12.4 Å². The van der Waals surface area contributed by atoms with Crippen molar-refractivity contribution in [1.82, 2.24) is 15.0 Å². The lowest BCUT2D eigenvalue weighted by Crippen LogP contribution is -2.08. The molecule has 11 heteroatoms. The molecule has 2 heterocycles. The zero-order chi connectivity index (χ0) is 24.7. The summed E-state index contributed by atoms with van der Waals surface area (Å²) < 4.78 is 78.8. The highest BCUT2D eigenvalue weighted by atomic mass is 19.4. The van der Waals surface area contributed by atoms with Gasteiger partial charge in [-0.3, -0.25) is 4.98 Å². The second-order valence-electron chi connectivity index (χ2n) is 7.44. The zero-order valence-corrected chi connectivity index (χ0v) is 17.4. The summed E-state index contributed by atoms with van der Waals surface area (Å²) in [5, 5.41) is 13.3. The van der Waals surface area contributed by atoms with E-state index < -0.39 is 29.6 Å². The summed E-state index contributed by atoms with van der Waals surface area (Å²) in [6, 6.07) is 10.6. The Morgan fingerprint density at radius 2 is 1.59 bits per heavy atom. The predicted octanol–water partition coefficient (Wildman–Crippen LogP) is 6.53. The first-order valence-electron chi connectivity index (χ1n) is 9.90. The number of aliphatic hydroxyl groups excluding tert-OH is 1. The average Bonchev–Trinajstić information content (AvgIpc) is 2.77. The molecule has 0 amide bonds. The Bertz CT molecular complexity index is 1330. The molecule has 2 aromatic heterocycles. The van der Waals surface area contributed by atoms with E-state index in [0.717, 1.165) is 18.2 Å². The van der Waals surface area contributed by atoms with Crippen LogP contribution in [0.3, 0.4) is 0 Å². The van der Waals surface area contributed by atoms with Crippen LogP contribution in [0.2, 0.25) is 0 Å². The Kier molecular flexibility index (Phi) is 5.90. The fourth-order valence-corrected chi connectivity index (χ4v) is 3.32. The molecule has 0 saturated heterocycles. The van der Waals surface area contributed by atoms with E-state index in [4.69, 9.17) is 0 Å². The number of benzene rings is 2. The summed E-state index contributed by atoms with van der Waals surface area (Å²) in [7, 11) is 0. The third kappa shape index (κ3) is 4.79. The number of halogens is 6. The largest absolute Gasteiger partial charge is 0.418 e. The fourth-order valence-electron chi connectivity index (χ4n) is 3.32. The maximum absolute atomic E-state index is 13.4. The smallest absolute Gasteiger partial charge is 0.385 e. The number of hydrogen-bond donors (Lipinski definition) is 2. The van der Waals surface area contributed by atoms with Crippen molar-refractivity contribution >= 4 is 22.4 Å². The first-order valence-corrected chi connectivity index (χ1v) is 9.90. The Balaban J connectivity index is 1.80. The fraction of sp³-hybridized carbons (Fsp3) is 0.174. The van der Waals surface area contributed by atoms with Crippen molar-refractivity contribution < 1.29 is 31.4 Å². The summed E-state index contributed by atoms with van der Waals surface area (Å²) in [6.45, 7) is 1.41. The molecular formula is C23H16F6N4O. The molecule has 1 unspecified atom stereocenters. The molecule has 0 aliphatic heterocycles. The Morgan fingerprint density at radius 1 is 0.882 bits per heavy atom. The van der Waals surface area contributed by atoms with Gasteiger partial charge in [-0.2, -0.15) is 26.3 Å². The van der Waals surface area contributed by atoms with Crippen LogP contribution < -0.4 is 5.32 Å². The molecule has 0 saturated carbocycles. The van der Waals surface area contributed by atoms with Gasteiger partial charge in [0, 0.05) is 22.8 Å². The van der Waals surface area contributed by atoms with Gasteiger partial charge in [0.05, 0.1) is 22.3 Å². The molecule has 0 radical (unpaired) electrons. The van der Waals surface area contributed by atoms with Crippen LogP contribution in [-0.2, 0) is 12.4 Å². The average molecular weight is 478 g/mol. The second kappa shape index (κ2) is 8.56. The van der Waals surface area contributed by atoms with Crippen molar-refractivity contribution in [3.63, 3.8) is 0 Å². The van der Waals surface area contributed by atoms with Gasteiger partial charge in [0.2, 0.25) is 0 Å². The van der Waals surface area contributed by atoms with Crippen LogP contribution >= 0.6 is 0 Å². The van der Waals surface area contributed by atoms with E-state index in [0.29, 0.717) is 5.39 Å². The SMILES string of the molecule is CC(O)c1nc(Nc2ccc(C(F)(F)F)cc2)c2ccc(-c3ncccc3C(F)(F)F)cc2n1. The van der Waals surface area contributed by atoms with Crippen LogP contribution in [0.15, 0.2) is 60.8 Å². The number of aliphatic hydroxyl groups is 1. The Morgan fingerprint density at radius 3 is 2.21 bits per heavy atom. The molecule has 2 N–H and O–H groups in total. The van der Waals surface area contributed by atoms with Gasteiger partial charge in [0.1, 0.15) is 11.9 Å². The summed E-state index contributed by atoms with van der Waals surface area (Å²) in [5.74, 6) is 0.153. The third-order valence-electron chi connectivity index (χ3n) is 4.95. The zero-order valence-electron chi connectivity index (χ0n) is 17.4. The predicted molar refractivity (Wildman–Crippen MR) is 113 cm³/mol. The number of rotatable bonds is 4. The molecule has 34 heavy (non-hydrogen) atoms. The van der Waals surface area contributed by atoms with E-state index >= 15 is 0 Å². The van der Waals surface area contributed by atoms with E-state index in [1.54, 1.807) is 0 Å². The molecular weight excluding hydrogens is 462 g/mol. The third-order valence-corrected chi connectivity index (χ3v) is 4.95. The van der Waals surface area contributed by atoms with Crippen molar-refractivity contribution in [1.29, 1.82) is 0 Å². The maximum Gasteiger partial charge on any atom is 0.418 e. The van der Waals surface area contributed by atoms with Crippen molar-refractivity contribution in [3.8, 4) is 11.3 Å². The van der Waals surface area contributed by atoms with E-state index in [1.165, 1.54) is 49.5 Å². The first-order chi connectivity index (χ1) is 15.9. The number of nitrogens with one attached hydrogen (secondary N) is 1. The highest BCUT2D eigenvalue weighted by Gasteiger charge is 2.34. The van der Waals surface area contributed by atoms with Crippen LogP contribution in [0, 0.1) is 0 Å². The summed E-state index contributed by atoms with van der Waals surface area (Å²) in [4.78, 5) is 12.4. The minimum absolute atomic E-state index is 0.0175. The highest BCUT2D eigenvalue weighted by molar-refractivity contribution is 5.93. The molecule has 0 aliphatic carbocycles. The lowest BCUT2D eigenvalue weighted by Gasteiger charge is -2.15. The van der Waals surface area contributed by atoms with Crippen molar-refractivity contribution in [3.05, 3.63) is 77.7 Å². The number of aromatic nitrogens is 3. The normalized spacial score (nSPS) is 13.2. The van der Waals surface area contributed by atoms with E-state index in [2.05, 4.69) is 20.3 Å². The van der Waals surface area contributed by atoms with Crippen LogP contribution in [0.25, 0.3) is 22.2 Å². The lowest BCUT2D eigenvalue weighted by molar-refractivity contribution is -0.138. The van der Waals surface area contributed by atoms with E-state index in [1.807, 2.05) is 0 Å². The van der Waals surface area contributed by atoms with Crippen LogP contribution in [0.4, 0.5) is 37.8 Å². The number of alkyl halides is 6. The quantitative estimate of drug-likeness (QED) is 0.327. The minimum Gasteiger partial charge on any atom is -0.385 e. The molecule has 0 aliphatic rings. The molecule has 0 fully saturated rings. The maximum atomic E-state index is 13.4. The number of anilines is 2. The minimum atomic E-state index is -4.62. The standard InChI is InChI=1S/C23H16F6N4O/c1-12(34)20-32-18-11-13(19-17(23(27,28)29)3-2-10-30-19)4-9-16(18)21(33-20)31-15-7-5-14(6-8-15)22(24,25)26/h2-12,34H,1H3,(H,31,32,33). The molecule has 4 rings (SSSR count). The molecule has 176 valence electrons. The molecule has 1 atom stereocenters. The van der Waals surface area contributed by atoms with Gasteiger partial charge in [-0.15, -0.1) is 0 Å². The molecule has 0 spiro atoms. The highest BCUT2D eigenvalue weighted by Crippen LogP contribution is 2.37. The van der Waals surface area contributed by atoms with Gasteiger partial charge < -0.3 is 10.4 Å². The molecule has 2 aromatic carbocycles. The van der Waals surface area contributed by atoms with Gasteiger partial charge in [-0.05, 0) is 55.5 Å². The van der Waals surface area contributed by atoms with Crippen molar-refractivity contribution in [2.24, 2.45) is 0 Å². The first kappa shape index (κ1) is 23.4. The second-order valence-corrected chi connectivity index (χ2v) is 7.44. The summed E-state index contributed by atoms with van der Waals surface area (Å²) >= 11 is 0. The van der Waals surface area contributed by atoms with Crippen molar-refractivity contribution in [2.75, 3.05) is 5.32 Å². The van der Waals surface area contributed by atoms with Gasteiger partial charge in [-0.1, -0.05) is 6.07 Å². The Hall–Kier alpha value is -3.73. The van der Waals surface area contributed by atoms with Crippen LogP contribution in [0.1, 0.15) is 30.0 Å². The summed E-state index contributed by atoms with van der Waals surface area (Å²) in [5.41, 5.74) is -1.37. The van der Waals surface area contributed by atoms with E-state index in [-0.39, 0.29) is 34.1 Å². The van der Waals surface area contributed by atoms with Gasteiger partial charge in [0.25, 0.3) is 0 Å². The summed E-state index contributed by atoms with van der Waals surface area (Å²) in [6.07, 6.45) is -8.98. The topological polar surface area (TPSA) is 70.9 Å². The number of fused-ring (bicyclic) bond motifs is 1. The van der Waals surface area contributed by atoms with Crippen LogP contribution in [0.5, 0.6) is 0 Å². The molecule has 4 aromatic rings. The number of pyridine rings is 1. The molecule has 0 bridgehead atoms.